The Morgan fingerprint density at radius 3 is 1.88 bits per heavy atom. The first-order valence-corrected chi connectivity index (χ1v) is 10.9. The van der Waals surface area contributed by atoms with Gasteiger partial charge >= 0.3 is 0 Å². The number of nitrogens with zero attached hydrogens (tertiary/aromatic N) is 1. The molecule has 2 bridgehead atoms. The molecule has 0 spiro atoms. The molecule has 4 rings (SSSR count). The van der Waals surface area contributed by atoms with E-state index in [0.29, 0.717) is 0 Å². The lowest BCUT2D eigenvalue weighted by molar-refractivity contribution is -0.931. The molecule has 2 aromatic heterocycles. The van der Waals surface area contributed by atoms with E-state index >= 15 is 0 Å². The van der Waals surface area contributed by atoms with E-state index in [-0.39, 0.29) is 0 Å². The van der Waals surface area contributed by atoms with E-state index in [0.717, 1.165) is 18.0 Å². The van der Waals surface area contributed by atoms with Crippen LogP contribution in [0.1, 0.15) is 46.6 Å². The topological polar surface area (TPSA) is 0 Å². The third-order valence-electron chi connectivity index (χ3n) is 6.48. The Hall–Kier alpha value is -0.900. The lowest BCUT2D eigenvalue weighted by Gasteiger charge is -2.43. The average molecular weight is 359 g/mol. The van der Waals surface area contributed by atoms with Crippen LogP contribution in [0.2, 0.25) is 0 Å². The minimum absolute atomic E-state index is 0.742. The third-order valence-corrected chi connectivity index (χ3v) is 8.58. The quantitative estimate of drug-likeness (QED) is 0.601. The van der Waals surface area contributed by atoms with Gasteiger partial charge in [-0.05, 0) is 53.8 Å². The smallest absolute Gasteiger partial charge is 0.0896 e. The van der Waals surface area contributed by atoms with E-state index < -0.39 is 0 Å². The molecule has 0 aromatic carbocycles. The molecule has 2 aliphatic heterocycles. The molecule has 24 heavy (non-hydrogen) atoms. The van der Waals surface area contributed by atoms with Gasteiger partial charge in [-0.15, -0.1) is 22.7 Å². The molecule has 2 aliphatic rings. The van der Waals surface area contributed by atoms with Crippen LogP contribution >= 0.6 is 22.7 Å². The van der Waals surface area contributed by atoms with Crippen molar-refractivity contribution in [3.63, 3.8) is 0 Å². The van der Waals surface area contributed by atoms with Crippen molar-refractivity contribution in [3.8, 4) is 0 Å². The van der Waals surface area contributed by atoms with Gasteiger partial charge in [0.15, 0.2) is 0 Å². The molecule has 1 unspecified atom stereocenters. The number of thiophene rings is 2. The summed E-state index contributed by atoms with van der Waals surface area (Å²) in [5, 5.41) is 4.48. The summed E-state index contributed by atoms with van der Waals surface area (Å²) in [5.74, 6) is 0.742. The molecule has 0 amide bonds. The van der Waals surface area contributed by atoms with Gasteiger partial charge in [-0.3, -0.25) is 0 Å². The summed E-state index contributed by atoms with van der Waals surface area (Å²) in [6.45, 7) is 4.51. The summed E-state index contributed by atoms with van der Waals surface area (Å²) in [4.78, 5) is 2.96. The zero-order valence-electron chi connectivity index (χ0n) is 15.2. The van der Waals surface area contributed by atoms with Gasteiger partial charge in [0.25, 0.3) is 0 Å². The molecule has 128 valence electrons. The van der Waals surface area contributed by atoms with E-state index in [4.69, 9.17) is 0 Å². The number of aryl methyl sites for hydroxylation is 2. The van der Waals surface area contributed by atoms with Gasteiger partial charge in [0, 0.05) is 41.0 Å². The van der Waals surface area contributed by atoms with Gasteiger partial charge in [0.05, 0.1) is 26.2 Å². The van der Waals surface area contributed by atoms with Crippen LogP contribution in [0.5, 0.6) is 0 Å². The first-order chi connectivity index (χ1) is 11.5. The number of allylic oxidation sites excluding steroid dienone is 1. The number of piperidine rings is 1. The standard InChI is InChI=1S/C21H28NS2/c1-14-7-9-23-20(14)19(21-15(2)8-10-24-21)13-16-11-17-5-6-18(12-16)22(17,3)4/h7-10,13,16-18H,5-6,11-12H2,1-4H3/q+1/t16?,17-,18+. The summed E-state index contributed by atoms with van der Waals surface area (Å²) in [5.41, 5.74) is 4.36. The Bertz CT molecular complexity index is 706. The van der Waals surface area contributed by atoms with Crippen molar-refractivity contribution in [2.24, 2.45) is 5.92 Å². The zero-order chi connectivity index (χ0) is 16.9. The van der Waals surface area contributed by atoms with Gasteiger partial charge in [0.1, 0.15) is 0 Å². The SMILES string of the molecule is Cc1ccsc1C(=CC1C[C@H]2CC[C@@H](C1)[N+]2(C)C)c1sccc1C. The van der Waals surface area contributed by atoms with Gasteiger partial charge in [-0.25, -0.2) is 0 Å². The second-order valence-corrected chi connectivity index (χ2v) is 10.0. The van der Waals surface area contributed by atoms with Crippen LogP contribution in [0.3, 0.4) is 0 Å². The monoisotopic (exact) mass is 358 g/mol. The average Bonchev–Trinajstić information content (AvgIpc) is 3.15. The molecule has 0 aliphatic carbocycles. The maximum atomic E-state index is 2.64. The van der Waals surface area contributed by atoms with Crippen molar-refractivity contribution in [2.75, 3.05) is 14.1 Å². The Morgan fingerprint density at radius 2 is 1.46 bits per heavy atom. The first-order valence-electron chi connectivity index (χ1n) is 9.11. The van der Waals surface area contributed by atoms with Crippen molar-refractivity contribution in [1.82, 2.24) is 0 Å². The number of rotatable bonds is 3. The fraction of sp³-hybridized carbons (Fsp3) is 0.524. The van der Waals surface area contributed by atoms with Crippen molar-refractivity contribution in [2.45, 2.75) is 51.6 Å². The molecular weight excluding hydrogens is 330 g/mol. The predicted molar refractivity (Wildman–Crippen MR) is 107 cm³/mol. The highest BCUT2D eigenvalue weighted by molar-refractivity contribution is 7.14. The summed E-state index contributed by atoms with van der Waals surface area (Å²) < 4.78 is 1.26. The van der Waals surface area contributed by atoms with Crippen molar-refractivity contribution in [1.29, 1.82) is 0 Å². The lowest BCUT2D eigenvalue weighted by Crippen LogP contribution is -2.54. The van der Waals surface area contributed by atoms with E-state index in [2.05, 4.69) is 56.9 Å². The molecular formula is C21H28NS2+. The largest absolute Gasteiger partial charge is 0.324 e. The van der Waals surface area contributed by atoms with E-state index in [9.17, 15) is 0 Å². The predicted octanol–water partition coefficient (Wildman–Crippen LogP) is 5.88. The fourth-order valence-corrected chi connectivity index (χ4v) is 6.83. The van der Waals surface area contributed by atoms with Crippen LogP contribution in [-0.2, 0) is 0 Å². The van der Waals surface area contributed by atoms with Crippen LogP contribution in [0.4, 0.5) is 0 Å². The highest BCUT2D eigenvalue weighted by atomic mass is 32.1. The molecule has 0 saturated carbocycles. The fourth-order valence-electron chi connectivity index (χ4n) is 4.85. The molecule has 2 saturated heterocycles. The molecule has 2 fully saturated rings. The van der Waals surface area contributed by atoms with Gasteiger partial charge < -0.3 is 4.48 Å². The normalized spacial score (nSPS) is 28.1. The molecule has 3 atom stereocenters. The van der Waals surface area contributed by atoms with Gasteiger partial charge in [-0.1, -0.05) is 6.08 Å². The third kappa shape index (κ3) is 2.71. The van der Waals surface area contributed by atoms with Crippen LogP contribution in [0, 0.1) is 19.8 Å². The van der Waals surface area contributed by atoms with Crippen LogP contribution in [-0.4, -0.2) is 30.7 Å². The van der Waals surface area contributed by atoms with Crippen molar-refractivity contribution in [3.05, 3.63) is 49.9 Å². The number of fused-ring (bicyclic) bond motifs is 2. The van der Waals surface area contributed by atoms with Gasteiger partial charge in [0.2, 0.25) is 0 Å². The molecule has 0 radical (unpaired) electrons. The lowest BCUT2D eigenvalue weighted by atomic mass is 9.87. The minimum Gasteiger partial charge on any atom is -0.324 e. The number of quaternary nitrogens is 1. The molecule has 4 heterocycles. The molecule has 3 heteroatoms. The van der Waals surface area contributed by atoms with E-state index in [1.54, 1.807) is 0 Å². The van der Waals surface area contributed by atoms with Crippen LogP contribution in [0.25, 0.3) is 5.57 Å². The van der Waals surface area contributed by atoms with E-state index in [1.807, 2.05) is 22.7 Å². The van der Waals surface area contributed by atoms with Crippen LogP contribution < -0.4 is 0 Å². The Balaban J connectivity index is 1.71. The second-order valence-electron chi connectivity index (χ2n) is 8.19. The van der Waals surface area contributed by atoms with Crippen molar-refractivity contribution >= 4 is 28.2 Å². The highest BCUT2D eigenvalue weighted by Gasteiger charge is 2.48. The Morgan fingerprint density at radius 1 is 0.958 bits per heavy atom. The molecule has 2 aromatic rings. The molecule has 0 N–H and O–H groups in total. The number of hydrogen-bond donors (Lipinski definition) is 0. The highest BCUT2D eigenvalue weighted by Crippen LogP contribution is 2.45. The summed E-state index contributed by atoms with van der Waals surface area (Å²) >= 11 is 3.81. The summed E-state index contributed by atoms with van der Waals surface area (Å²) in [6, 6.07) is 6.25. The summed E-state index contributed by atoms with van der Waals surface area (Å²) in [6.07, 6.45) is 8.21. The maximum absolute atomic E-state index is 2.64. The zero-order valence-corrected chi connectivity index (χ0v) is 16.8. The first kappa shape index (κ1) is 16.6. The Kier molecular flexibility index (Phi) is 4.22. The Labute approximate surface area is 154 Å². The summed E-state index contributed by atoms with van der Waals surface area (Å²) in [7, 11) is 4.91. The van der Waals surface area contributed by atoms with Crippen molar-refractivity contribution < 1.29 is 4.48 Å². The van der Waals surface area contributed by atoms with E-state index in [1.165, 1.54) is 56.6 Å². The minimum atomic E-state index is 0.742. The molecule has 1 nitrogen and oxygen atoms in total. The maximum Gasteiger partial charge on any atom is 0.0896 e. The second kappa shape index (κ2) is 6.12. The van der Waals surface area contributed by atoms with Gasteiger partial charge in [-0.2, -0.15) is 0 Å². The number of hydrogen-bond acceptors (Lipinski definition) is 2. The van der Waals surface area contributed by atoms with Crippen LogP contribution in [0.15, 0.2) is 29.0 Å².